The van der Waals surface area contributed by atoms with E-state index in [1.165, 1.54) is 6.92 Å². The maximum absolute atomic E-state index is 11.4. The number of halogens is 1. The second kappa shape index (κ2) is 5.75. The van der Waals surface area contributed by atoms with Gasteiger partial charge in [0.1, 0.15) is 9.52 Å². The monoisotopic (exact) mass is 409 g/mol. The number of anilines is 4. The van der Waals surface area contributed by atoms with E-state index in [4.69, 9.17) is 5.73 Å². The summed E-state index contributed by atoms with van der Waals surface area (Å²) in [6.07, 6.45) is 1.57. The first-order chi connectivity index (χ1) is 10.5. The number of hydrogen-bond acceptors (Lipinski definition) is 6. The quantitative estimate of drug-likeness (QED) is 0.493. The molecule has 2 aromatic heterocycles. The molecule has 8 nitrogen and oxygen atoms in total. The molecule has 0 atom stereocenters. The van der Waals surface area contributed by atoms with Crippen molar-refractivity contribution in [3.63, 3.8) is 0 Å². The van der Waals surface area contributed by atoms with Crippen molar-refractivity contribution in [1.82, 2.24) is 20.2 Å². The Hall–Kier alpha value is -2.43. The first-order valence-electron chi connectivity index (χ1n) is 6.33. The van der Waals surface area contributed by atoms with E-state index in [2.05, 4.69) is 53.4 Å². The molecule has 9 heteroatoms. The van der Waals surface area contributed by atoms with Gasteiger partial charge in [0.25, 0.3) is 0 Å². The molecule has 0 spiro atoms. The van der Waals surface area contributed by atoms with Gasteiger partial charge >= 0.3 is 0 Å². The number of amides is 1. The molecule has 0 aliphatic heterocycles. The average Bonchev–Trinajstić information content (AvgIpc) is 2.80. The minimum Gasteiger partial charge on any atom is -0.368 e. The molecule has 0 aliphatic rings. The molecule has 3 aromatic rings. The molecular weight excluding hydrogens is 397 g/mol. The van der Waals surface area contributed by atoms with Gasteiger partial charge in [-0.25, -0.2) is 4.98 Å². The highest BCUT2D eigenvalue weighted by Crippen LogP contribution is 2.30. The summed E-state index contributed by atoms with van der Waals surface area (Å²) < 4.78 is 0.810. The summed E-state index contributed by atoms with van der Waals surface area (Å²) >= 11 is 2.13. The summed E-state index contributed by atoms with van der Waals surface area (Å²) in [6.45, 7) is 1.46. The zero-order valence-corrected chi connectivity index (χ0v) is 13.7. The number of nitrogens with zero attached hydrogens (tertiary/aromatic N) is 3. The van der Waals surface area contributed by atoms with Crippen LogP contribution in [0.25, 0.3) is 10.9 Å². The molecular formula is C13H12IN7O. The van der Waals surface area contributed by atoms with Crippen LogP contribution in [0.3, 0.4) is 0 Å². The van der Waals surface area contributed by atoms with Gasteiger partial charge in [-0.15, -0.1) is 0 Å². The number of fused-ring (bicyclic) bond motifs is 1. The summed E-state index contributed by atoms with van der Waals surface area (Å²) in [4.78, 5) is 19.3. The van der Waals surface area contributed by atoms with Crippen LogP contribution in [0.5, 0.6) is 0 Å². The van der Waals surface area contributed by atoms with Crippen molar-refractivity contribution in [2.75, 3.05) is 16.4 Å². The third-order valence-electron chi connectivity index (χ3n) is 2.88. The highest BCUT2D eigenvalue weighted by molar-refractivity contribution is 14.1. The van der Waals surface area contributed by atoms with E-state index in [1.807, 2.05) is 6.07 Å². The standard InChI is InChI=1S/C13H12IN7O/c1-6(22)17-9-5-7(4-8-11(9)20-21-12(8)14)18-10-2-3-16-13(15)19-10/h2-5H,1H3,(H,17,22)(H,20,21)(H3,15,16,18,19). The van der Waals surface area contributed by atoms with E-state index in [9.17, 15) is 4.79 Å². The zero-order valence-electron chi connectivity index (χ0n) is 11.5. The van der Waals surface area contributed by atoms with Crippen molar-refractivity contribution in [2.45, 2.75) is 6.92 Å². The van der Waals surface area contributed by atoms with Gasteiger partial charge in [-0.05, 0) is 40.8 Å². The summed E-state index contributed by atoms with van der Waals surface area (Å²) in [5, 5.41) is 13.9. The Labute approximate surface area is 139 Å². The minimum atomic E-state index is -0.158. The summed E-state index contributed by atoms with van der Waals surface area (Å²) in [6, 6.07) is 5.43. The maximum Gasteiger partial charge on any atom is 0.221 e. The van der Waals surface area contributed by atoms with Crippen LogP contribution in [0.4, 0.5) is 23.1 Å². The highest BCUT2D eigenvalue weighted by atomic mass is 127. The topological polar surface area (TPSA) is 122 Å². The van der Waals surface area contributed by atoms with Crippen molar-refractivity contribution < 1.29 is 4.79 Å². The van der Waals surface area contributed by atoms with E-state index in [-0.39, 0.29) is 11.9 Å². The van der Waals surface area contributed by atoms with E-state index in [0.29, 0.717) is 11.5 Å². The lowest BCUT2D eigenvalue weighted by atomic mass is 10.2. The number of carbonyl (C=O) groups excluding carboxylic acids is 1. The number of carbonyl (C=O) groups is 1. The number of aromatic amines is 1. The smallest absolute Gasteiger partial charge is 0.221 e. The van der Waals surface area contributed by atoms with Crippen LogP contribution in [0, 0.1) is 3.70 Å². The molecule has 1 aromatic carbocycles. The van der Waals surface area contributed by atoms with E-state index >= 15 is 0 Å². The minimum absolute atomic E-state index is 0.158. The zero-order chi connectivity index (χ0) is 15.7. The van der Waals surface area contributed by atoms with Gasteiger partial charge < -0.3 is 16.4 Å². The Bertz CT molecular complexity index is 861. The van der Waals surface area contributed by atoms with Crippen LogP contribution in [-0.4, -0.2) is 26.1 Å². The van der Waals surface area contributed by atoms with Crippen LogP contribution < -0.4 is 16.4 Å². The number of benzene rings is 1. The van der Waals surface area contributed by atoms with Crippen molar-refractivity contribution >= 4 is 62.5 Å². The first kappa shape index (κ1) is 14.5. The van der Waals surface area contributed by atoms with Crippen LogP contribution in [0.2, 0.25) is 0 Å². The second-order valence-corrected chi connectivity index (χ2v) is 5.59. The maximum atomic E-state index is 11.4. The number of H-pyrrole nitrogens is 1. The van der Waals surface area contributed by atoms with Crippen LogP contribution >= 0.6 is 22.6 Å². The SMILES string of the molecule is CC(=O)Nc1cc(Nc2ccnc(N)n2)cc2c(I)n[nH]c12. The molecule has 0 fully saturated rings. The van der Waals surface area contributed by atoms with E-state index < -0.39 is 0 Å². The predicted molar refractivity (Wildman–Crippen MR) is 92.8 cm³/mol. The van der Waals surface area contributed by atoms with Crippen molar-refractivity contribution in [3.05, 3.63) is 28.1 Å². The normalized spacial score (nSPS) is 10.6. The Kier molecular flexibility index (Phi) is 3.79. The first-order valence-corrected chi connectivity index (χ1v) is 7.41. The number of hydrogen-bond donors (Lipinski definition) is 4. The number of nitrogens with one attached hydrogen (secondary N) is 3. The lowest BCUT2D eigenvalue weighted by Gasteiger charge is -2.10. The summed E-state index contributed by atoms with van der Waals surface area (Å²) in [5.41, 5.74) is 7.74. The van der Waals surface area contributed by atoms with Gasteiger partial charge in [0.15, 0.2) is 0 Å². The fourth-order valence-corrected chi connectivity index (χ4v) is 2.59. The Morgan fingerprint density at radius 2 is 2.23 bits per heavy atom. The number of rotatable bonds is 3. The number of nitrogen functional groups attached to an aromatic ring is 1. The molecule has 0 bridgehead atoms. The lowest BCUT2D eigenvalue weighted by Crippen LogP contribution is -2.07. The summed E-state index contributed by atoms with van der Waals surface area (Å²) in [5.74, 6) is 0.597. The molecule has 0 saturated heterocycles. The van der Waals surface area contributed by atoms with Crippen molar-refractivity contribution in [1.29, 1.82) is 0 Å². The molecule has 5 N–H and O–H groups in total. The van der Waals surface area contributed by atoms with Crippen LogP contribution in [0.15, 0.2) is 24.4 Å². The molecule has 0 saturated carbocycles. The third-order valence-corrected chi connectivity index (χ3v) is 3.71. The van der Waals surface area contributed by atoms with Gasteiger partial charge in [-0.3, -0.25) is 9.89 Å². The highest BCUT2D eigenvalue weighted by Gasteiger charge is 2.11. The fraction of sp³-hybridized carbons (Fsp3) is 0.0769. The Morgan fingerprint density at radius 1 is 1.41 bits per heavy atom. The molecule has 112 valence electrons. The second-order valence-electron chi connectivity index (χ2n) is 4.57. The van der Waals surface area contributed by atoms with E-state index in [1.54, 1.807) is 18.3 Å². The number of aromatic nitrogens is 4. The molecule has 2 heterocycles. The van der Waals surface area contributed by atoms with Crippen molar-refractivity contribution in [3.8, 4) is 0 Å². The van der Waals surface area contributed by atoms with Gasteiger partial charge in [-0.1, -0.05) is 0 Å². The largest absolute Gasteiger partial charge is 0.368 e. The molecule has 1 amide bonds. The predicted octanol–water partition coefficient (Wildman–Crippen LogP) is 2.24. The third kappa shape index (κ3) is 2.93. The molecule has 0 aliphatic carbocycles. The van der Waals surface area contributed by atoms with Gasteiger partial charge in [0.2, 0.25) is 11.9 Å². The Balaban J connectivity index is 2.05. The lowest BCUT2D eigenvalue weighted by molar-refractivity contribution is -0.114. The van der Waals surface area contributed by atoms with Crippen LogP contribution in [-0.2, 0) is 4.79 Å². The molecule has 0 radical (unpaired) electrons. The molecule has 3 rings (SSSR count). The van der Waals surface area contributed by atoms with Crippen LogP contribution in [0.1, 0.15) is 6.92 Å². The van der Waals surface area contributed by atoms with Gasteiger partial charge in [0, 0.05) is 24.2 Å². The van der Waals surface area contributed by atoms with Gasteiger partial charge in [-0.2, -0.15) is 10.1 Å². The Morgan fingerprint density at radius 3 is 2.95 bits per heavy atom. The fourth-order valence-electron chi connectivity index (χ4n) is 2.04. The summed E-state index contributed by atoms with van der Waals surface area (Å²) in [7, 11) is 0. The molecule has 22 heavy (non-hydrogen) atoms. The number of nitrogens with two attached hydrogens (primary N) is 1. The average molecular weight is 409 g/mol. The van der Waals surface area contributed by atoms with Crippen molar-refractivity contribution in [2.24, 2.45) is 0 Å². The van der Waals surface area contributed by atoms with Gasteiger partial charge in [0.05, 0.1) is 11.2 Å². The molecule has 0 unspecified atom stereocenters. The van der Waals surface area contributed by atoms with E-state index in [0.717, 1.165) is 20.3 Å².